The van der Waals surface area contributed by atoms with Crippen LogP contribution in [0.1, 0.15) is 29.9 Å². The van der Waals surface area contributed by atoms with Crippen LogP contribution in [0.5, 0.6) is 0 Å². The molecule has 0 aliphatic rings. The summed E-state index contributed by atoms with van der Waals surface area (Å²) < 4.78 is 1.87. The van der Waals surface area contributed by atoms with Gasteiger partial charge in [0.25, 0.3) is 5.56 Å². The van der Waals surface area contributed by atoms with Gasteiger partial charge in [0.05, 0.1) is 5.39 Å². The Morgan fingerprint density at radius 3 is 2.54 bits per heavy atom. The van der Waals surface area contributed by atoms with E-state index in [0.29, 0.717) is 6.54 Å². The third-order valence-electron chi connectivity index (χ3n) is 5.10. The van der Waals surface area contributed by atoms with E-state index in [0.717, 1.165) is 46.8 Å². The smallest absolute Gasteiger partial charge is 0.262 e. The van der Waals surface area contributed by atoms with Gasteiger partial charge in [0, 0.05) is 23.5 Å². The zero-order valence-corrected chi connectivity index (χ0v) is 17.1. The van der Waals surface area contributed by atoms with Gasteiger partial charge in [-0.3, -0.25) is 9.36 Å². The molecule has 0 radical (unpaired) electrons. The highest BCUT2D eigenvalue weighted by Crippen LogP contribution is 2.28. The monoisotopic (exact) mass is 369 g/mol. The van der Waals surface area contributed by atoms with Gasteiger partial charge in [-0.25, -0.2) is 4.98 Å². The average Bonchev–Trinajstić information content (AvgIpc) is 2.91. The van der Waals surface area contributed by atoms with Crippen LogP contribution in [0.15, 0.2) is 29.1 Å². The number of hydrogen-bond donors (Lipinski definition) is 0. The maximum Gasteiger partial charge on any atom is 0.262 e. The minimum absolute atomic E-state index is 0.0838. The molecule has 26 heavy (non-hydrogen) atoms. The Morgan fingerprint density at radius 2 is 1.88 bits per heavy atom. The first-order valence-corrected chi connectivity index (χ1v) is 10.1. The molecule has 0 saturated carbocycles. The van der Waals surface area contributed by atoms with E-state index < -0.39 is 0 Å². The fraction of sp³-hybridized carbons (Fsp3) is 0.429. The molecular formula is C21H27N3OS. The Balaban J connectivity index is 2.20. The standard InChI is InChI=1S/C21H27N3OS/c1-6-23(7-2)11-12-24-19(17-10-8-9-14(3)13-17)22-20-18(21(24)25)15(4)16(5)26-20/h8-10,13H,6-7,11-12H2,1-5H3. The first kappa shape index (κ1) is 18.8. The van der Waals surface area contributed by atoms with Gasteiger partial charge in [-0.05, 0) is 45.5 Å². The van der Waals surface area contributed by atoms with Gasteiger partial charge < -0.3 is 4.90 Å². The lowest BCUT2D eigenvalue weighted by atomic mass is 10.1. The molecule has 0 fully saturated rings. The molecule has 4 nitrogen and oxygen atoms in total. The number of hydrogen-bond acceptors (Lipinski definition) is 4. The molecule has 1 aromatic carbocycles. The minimum atomic E-state index is 0.0838. The van der Waals surface area contributed by atoms with Crippen LogP contribution in [0.25, 0.3) is 21.6 Å². The van der Waals surface area contributed by atoms with Crippen molar-refractivity contribution in [2.24, 2.45) is 0 Å². The highest BCUT2D eigenvalue weighted by molar-refractivity contribution is 7.18. The van der Waals surface area contributed by atoms with E-state index in [1.807, 2.05) is 23.6 Å². The van der Waals surface area contributed by atoms with E-state index in [2.05, 4.69) is 44.7 Å². The first-order valence-electron chi connectivity index (χ1n) is 9.26. The lowest BCUT2D eigenvalue weighted by Gasteiger charge is -2.20. The van der Waals surface area contributed by atoms with E-state index in [-0.39, 0.29) is 5.56 Å². The number of thiophene rings is 1. The van der Waals surface area contributed by atoms with Crippen LogP contribution in [0.2, 0.25) is 0 Å². The lowest BCUT2D eigenvalue weighted by molar-refractivity contribution is 0.289. The van der Waals surface area contributed by atoms with Gasteiger partial charge in [-0.1, -0.05) is 37.6 Å². The first-order chi connectivity index (χ1) is 12.5. The normalized spacial score (nSPS) is 11.6. The van der Waals surface area contributed by atoms with Gasteiger partial charge in [0.1, 0.15) is 10.7 Å². The highest BCUT2D eigenvalue weighted by atomic mass is 32.1. The van der Waals surface area contributed by atoms with Crippen molar-refractivity contribution in [2.45, 2.75) is 41.2 Å². The minimum Gasteiger partial charge on any atom is -0.302 e. The predicted molar refractivity (Wildman–Crippen MR) is 111 cm³/mol. The van der Waals surface area contributed by atoms with Gasteiger partial charge in [0.15, 0.2) is 0 Å². The fourth-order valence-corrected chi connectivity index (χ4v) is 4.34. The van der Waals surface area contributed by atoms with Crippen molar-refractivity contribution in [1.82, 2.24) is 14.5 Å². The Labute approximate surface area is 159 Å². The van der Waals surface area contributed by atoms with Crippen molar-refractivity contribution < 1.29 is 0 Å². The molecule has 0 N–H and O–H groups in total. The fourth-order valence-electron chi connectivity index (χ4n) is 3.32. The molecule has 3 rings (SSSR count). The highest BCUT2D eigenvalue weighted by Gasteiger charge is 2.18. The largest absolute Gasteiger partial charge is 0.302 e. The number of aromatic nitrogens is 2. The van der Waals surface area contributed by atoms with E-state index in [9.17, 15) is 4.79 Å². The Kier molecular flexibility index (Phi) is 5.58. The van der Waals surface area contributed by atoms with Gasteiger partial charge >= 0.3 is 0 Å². The van der Waals surface area contributed by atoms with Crippen molar-refractivity contribution in [2.75, 3.05) is 19.6 Å². The summed E-state index contributed by atoms with van der Waals surface area (Å²) in [7, 11) is 0. The molecule has 0 saturated heterocycles. The maximum absolute atomic E-state index is 13.3. The quantitative estimate of drug-likeness (QED) is 0.647. The number of rotatable bonds is 6. The van der Waals surface area contributed by atoms with E-state index in [1.165, 1.54) is 10.4 Å². The summed E-state index contributed by atoms with van der Waals surface area (Å²) in [6.45, 7) is 13.9. The maximum atomic E-state index is 13.3. The molecule has 5 heteroatoms. The molecule has 2 heterocycles. The summed E-state index contributed by atoms with van der Waals surface area (Å²) >= 11 is 1.61. The lowest BCUT2D eigenvalue weighted by Crippen LogP contribution is -2.32. The van der Waals surface area contributed by atoms with Crippen molar-refractivity contribution in [1.29, 1.82) is 0 Å². The summed E-state index contributed by atoms with van der Waals surface area (Å²) in [5, 5.41) is 0.781. The molecular weight excluding hydrogens is 342 g/mol. The SMILES string of the molecule is CCN(CC)CCn1c(-c2cccc(C)c2)nc2sc(C)c(C)c2c1=O. The van der Waals surface area contributed by atoms with Crippen molar-refractivity contribution in [3.63, 3.8) is 0 Å². The molecule has 3 aromatic rings. The van der Waals surface area contributed by atoms with Crippen LogP contribution in [0.3, 0.4) is 0 Å². The van der Waals surface area contributed by atoms with Gasteiger partial charge in [0.2, 0.25) is 0 Å². The van der Waals surface area contributed by atoms with Gasteiger partial charge in [-0.15, -0.1) is 11.3 Å². The van der Waals surface area contributed by atoms with Crippen molar-refractivity contribution in [3.05, 3.63) is 50.6 Å². The van der Waals surface area contributed by atoms with Crippen molar-refractivity contribution >= 4 is 21.6 Å². The predicted octanol–water partition coefficient (Wildman–Crippen LogP) is 4.39. The Morgan fingerprint density at radius 1 is 1.15 bits per heavy atom. The summed E-state index contributed by atoms with van der Waals surface area (Å²) in [5.74, 6) is 0.777. The zero-order valence-electron chi connectivity index (χ0n) is 16.3. The number of nitrogens with zero attached hydrogens (tertiary/aromatic N) is 3. The number of benzene rings is 1. The van der Waals surface area contributed by atoms with E-state index in [1.54, 1.807) is 11.3 Å². The number of likely N-dealkylation sites (N-methyl/N-ethyl adjacent to an activating group) is 1. The van der Waals surface area contributed by atoms with Crippen LogP contribution in [0, 0.1) is 20.8 Å². The second-order valence-electron chi connectivity index (χ2n) is 6.75. The van der Waals surface area contributed by atoms with Crippen molar-refractivity contribution in [3.8, 4) is 11.4 Å². The van der Waals surface area contributed by atoms with Crippen LogP contribution >= 0.6 is 11.3 Å². The Bertz CT molecular complexity index is 983. The molecule has 2 aromatic heterocycles. The van der Waals surface area contributed by atoms with Crippen LogP contribution in [0.4, 0.5) is 0 Å². The van der Waals surface area contributed by atoms with E-state index >= 15 is 0 Å². The summed E-state index contributed by atoms with van der Waals surface area (Å²) in [6.07, 6.45) is 0. The zero-order chi connectivity index (χ0) is 18.8. The number of aryl methyl sites for hydroxylation is 3. The molecule has 0 amide bonds. The molecule has 0 aliphatic carbocycles. The molecule has 0 atom stereocenters. The number of fused-ring (bicyclic) bond motifs is 1. The molecule has 138 valence electrons. The summed E-state index contributed by atoms with van der Waals surface area (Å²) in [5.41, 5.74) is 3.33. The second-order valence-corrected chi connectivity index (χ2v) is 7.96. The molecule has 0 spiro atoms. The van der Waals surface area contributed by atoms with Crippen LogP contribution in [-0.2, 0) is 6.54 Å². The third-order valence-corrected chi connectivity index (χ3v) is 6.20. The van der Waals surface area contributed by atoms with E-state index in [4.69, 9.17) is 4.98 Å². The summed E-state index contributed by atoms with van der Waals surface area (Å²) in [6, 6.07) is 8.25. The van der Waals surface area contributed by atoms with Gasteiger partial charge in [-0.2, -0.15) is 0 Å². The summed E-state index contributed by atoms with van der Waals surface area (Å²) in [4.78, 5) is 22.6. The van der Waals surface area contributed by atoms with Crippen LogP contribution in [-0.4, -0.2) is 34.1 Å². The molecule has 0 unspecified atom stereocenters. The topological polar surface area (TPSA) is 38.1 Å². The Hall–Kier alpha value is -1.98. The molecule has 0 aliphatic heterocycles. The second kappa shape index (κ2) is 7.72. The third kappa shape index (κ3) is 3.46. The average molecular weight is 370 g/mol. The molecule has 0 bridgehead atoms. The van der Waals surface area contributed by atoms with Crippen LogP contribution < -0.4 is 5.56 Å².